The zero-order chi connectivity index (χ0) is 13.9. The second-order valence-corrected chi connectivity index (χ2v) is 4.34. The summed E-state index contributed by atoms with van der Waals surface area (Å²) >= 11 is 0. The number of nitrogens with two attached hydrogens (primary N) is 1. The Balaban J connectivity index is 1.95. The second kappa shape index (κ2) is 4.97. The summed E-state index contributed by atoms with van der Waals surface area (Å²) in [5, 5.41) is 6.83. The van der Waals surface area contributed by atoms with Gasteiger partial charge in [-0.05, 0) is 23.8 Å². The predicted molar refractivity (Wildman–Crippen MR) is 75.8 cm³/mol. The Hall–Kier alpha value is -2.95. The lowest BCUT2D eigenvalue weighted by molar-refractivity contribution is 0.1000. The number of nitrogens with zero attached hydrogens (tertiary/aromatic N) is 2. The molecule has 0 saturated heterocycles. The first-order valence-corrected chi connectivity index (χ1v) is 6.10. The van der Waals surface area contributed by atoms with Gasteiger partial charge in [0.05, 0.1) is 11.4 Å². The SMILES string of the molecule is NC(=O)c1ccnc(-c2ccc(-c3ccn[nH]3)cc2)c1. The Labute approximate surface area is 115 Å². The molecular weight excluding hydrogens is 252 g/mol. The third kappa shape index (κ3) is 2.29. The summed E-state index contributed by atoms with van der Waals surface area (Å²) in [6.07, 6.45) is 3.29. The maximum Gasteiger partial charge on any atom is 0.248 e. The van der Waals surface area contributed by atoms with E-state index in [0.717, 1.165) is 22.5 Å². The first-order chi connectivity index (χ1) is 9.74. The molecule has 0 saturated carbocycles. The fraction of sp³-hybridized carbons (Fsp3) is 0. The Morgan fingerprint density at radius 2 is 1.75 bits per heavy atom. The normalized spacial score (nSPS) is 10.4. The van der Waals surface area contributed by atoms with Crippen molar-refractivity contribution in [3.63, 3.8) is 0 Å². The van der Waals surface area contributed by atoms with Crippen molar-refractivity contribution in [3.8, 4) is 22.5 Å². The lowest BCUT2D eigenvalue weighted by Gasteiger charge is -2.04. The number of hydrogen-bond acceptors (Lipinski definition) is 3. The lowest BCUT2D eigenvalue weighted by atomic mass is 10.1. The highest BCUT2D eigenvalue weighted by Gasteiger charge is 2.05. The van der Waals surface area contributed by atoms with Gasteiger partial charge in [-0.15, -0.1) is 0 Å². The molecule has 2 heterocycles. The molecule has 0 fully saturated rings. The van der Waals surface area contributed by atoms with Crippen LogP contribution in [0.25, 0.3) is 22.5 Å². The van der Waals surface area contributed by atoms with Crippen LogP contribution in [-0.4, -0.2) is 21.1 Å². The summed E-state index contributed by atoms with van der Waals surface area (Å²) in [5.41, 5.74) is 9.36. The standard InChI is InChI=1S/C15H12N4O/c16-15(20)12-5-7-17-14(9-12)11-3-1-10(2-4-11)13-6-8-18-19-13/h1-9H,(H2,16,20)(H,18,19). The minimum atomic E-state index is -0.456. The number of amides is 1. The number of nitrogens with one attached hydrogen (secondary N) is 1. The van der Waals surface area contributed by atoms with Gasteiger partial charge in [-0.1, -0.05) is 24.3 Å². The van der Waals surface area contributed by atoms with E-state index < -0.39 is 5.91 Å². The van der Waals surface area contributed by atoms with Crippen molar-refractivity contribution in [2.45, 2.75) is 0 Å². The van der Waals surface area contributed by atoms with Crippen LogP contribution in [0.3, 0.4) is 0 Å². The van der Waals surface area contributed by atoms with E-state index in [1.54, 1.807) is 24.5 Å². The number of rotatable bonds is 3. The fourth-order valence-electron chi connectivity index (χ4n) is 1.98. The van der Waals surface area contributed by atoms with Gasteiger partial charge in [0.2, 0.25) is 5.91 Å². The van der Waals surface area contributed by atoms with Gasteiger partial charge in [-0.2, -0.15) is 5.10 Å². The Bertz CT molecular complexity index is 733. The van der Waals surface area contributed by atoms with Crippen LogP contribution >= 0.6 is 0 Å². The minimum absolute atomic E-state index is 0.452. The van der Waals surface area contributed by atoms with Crippen molar-refractivity contribution in [2.24, 2.45) is 5.73 Å². The highest BCUT2D eigenvalue weighted by molar-refractivity contribution is 5.93. The van der Waals surface area contributed by atoms with Crippen LogP contribution in [0.2, 0.25) is 0 Å². The van der Waals surface area contributed by atoms with Crippen LogP contribution in [0, 0.1) is 0 Å². The molecule has 5 heteroatoms. The van der Waals surface area contributed by atoms with Crippen molar-refractivity contribution in [1.82, 2.24) is 15.2 Å². The Morgan fingerprint density at radius 1 is 1.00 bits per heavy atom. The van der Waals surface area contributed by atoms with E-state index >= 15 is 0 Å². The van der Waals surface area contributed by atoms with E-state index in [9.17, 15) is 4.79 Å². The molecular formula is C15H12N4O. The minimum Gasteiger partial charge on any atom is -0.366 e. The van der Waals surface area contributed by atoms with Crippen LogP contribution in [0.1, 0.15) is 10.4 Å². The summed E-state index contributed by atoms with van der Waals surface area (Å²) in [6.45, 7) is 0. The van der Waals surface area contributed by atoms with E-state index in [1.807, 2.05) is 30.3 Å². The first-order valence-electron chi connectivity index (χ1n) is 6.10. The zero-order valence-corrected chi connectivity index (χ0v) is 10.6. The van der Waals surface area contributed by atoms with Gasteiger partial charge < -0.3 is 5.73 Å². The van der Waals surface area contributed by atoms with E-state index in [-0.39, 0.29) is 0 Å². The highest BCUT2D eigenvalue weighted by Crippen LogP contribution is 2.22. The summed E-state index contributed by atoms with van der Waals surface area (Å²) in [7, 11) is 0. The van der Waals surface area contributed by atoms with Gasteiger partial charge in [0.1, 0.15) is 0 Å². The molecule has 5 nitrogen and oxygen atoms in total. The number of H-pyrrole nitrogens is 1. The largest absolute Gasteiger partial charge is 0.366 e. The second-order valence-electron chi connectivity index (χ2n) is 4.34. The summed E-state index contributed by atoms with van der Waals surface area (Å²) in [6, 6.07) is 13.0. The molecule has 0 atom stereocenters. The maximum atomic E-state index is 11.2. The van der Waals surface area contributed by atoms with Crippen LogP contribution in [0.5, 0.6) is 0 Å². The van der Waals surface area contributed by atoms with E-state index in [1.165, 1.54) is 0 Å². The fourth-order valence-corrected chi connectivity index (χ4v) is 1.98. The Kier molecular flexibility index (Phi) is 3.01. The molecule has 2 aromatic heterocycles. The molecule has 0 bridgehead atoms. The van der Waals surface area contributed by atoms with Crippen LogP contribution in [0.4, 0.5) is 0 Å². The number of carbonyl (C=O) groups excluding carboxylic acids is 1. The van der Waals surface area contributed by atoms with Gasteiger partial charge >= 0.3 is 0 Å². The molecule has 0 aliphatic rings. The van der Waals surface area contributed by atoms with E-state index in [4.69, 9.17) is 5.73 Å². The predicted octanol–water partition coefficient (Wildman–Crippen LogP) is 2.24. The van der Waals surface area contributed by atoms with Crippen molar-refractivity contribution < 1.29 is 4.79 Å². The number of hydrogen-bond donors (Lipinski definition) is 2. The zero-order valence-electron chi connectivity index (χ0n) is 10.6. The quantitative estimate of drug-likeness (QED) is 0.760. The number of benzene rings is 1. The van der Waals surface area contributed by atoms with Gasteiger partial charge in [0.15, 0.2) is 0 Å². The summed E-state index contributed by atoms with van der Waals surface area (Å²) < 4.78 is 0. The summed E-state index contributed by atoms with van der Waals surface area (Å²) in [5.74, 6) is -0.456. The lowest BCUT2D eigenvalue weighted by Crippen LogP contribution is -2.10. The molecule has 0 aliphatic carbocycles. The molecule has 3 N–H and O–H groups in total. The van der Waals surface area contributed by atoms with Crippen molar-refractivity contribution in [1.29, 1.82) is 0 Å². The molecule has 1 aromatic carbocycles. The van der Waals surface area contributed by atoms with E-state index in [0.29, 0.717) is 5.56 Å². The van der Waals surface area contributed by atoms with Crippen LogP contribution < -0.4 is 5.73 Å². The van der Waals surface area contributed by atoms with Gasteiger partial charge in [-0.3, -0.25) is 14.9 Å². The molecule has 20 heavy (non-hydrogen) atoms. The van der Waals surface area contributed by atoms with Gasteiger partial charge in [0.25, 0.3) is 0 Å². The van der Waals surface area contributed by atoms with Gasteiger partial charge in [-0.25, -0.2) is 0 Å². The summed E-state index contributed by atoms with van der Waals surface area (Å²) in [4.78, 5) is 15.4. The van der Waals surface area contributed by atoms with E-state index in [2.05, 4.69) is 15.2 Å². The third-order valence-corrected chi connectivity index (χ3v) is 3.04. The monoisotopic (exact) mass is 264 g/mol. The highest BCUT2D eigenvalue weighted by atomic mass is 16.1. The third-order valence-electron chi connectivity index (χ3n) is 3.04. The van der Waals surface area contributed by atoms with Crippen LogP contribution in [-0.2, 0) is 0 Å². The number of primary amides is 1. The van der Waals surface area contributed by atoms with Crippen molar-refractivity contribution in [2.75, 3.05) is 0 Å². The molecule has 0 aliphatic heterocycles. The number of aromatic amines is 1. The Morgan fingerprint density at radius 3 is 2.40 bits per heavy atom. The molecule has 0 unspecified atom stereocenters. The van der Waals surface area contributed by atoms with Crippen LogP contribution in [0.15, 0.2) is 54.9 Å². The topological polar surface area (TPSA) is 84.7 Å². The number of aromatic nitrogens is 3. The average molecular weight is 264 g/mol. The molecule has 1 amide bonds. The molecule has 3 aromatic rings. The van der Waals surface area contributed by atoms with Crippen molar-refractivity contribution >= 4 is 5.91 Å². The first kappa shape index (κ1) is 12.1. The average Bonchev–Trinajstić information content (AvgIpc) is 3.02. The number of carbonyl (C=O) groups is 1. The number of pyridine rings is 1. The van der Waals surface area contributed by atoms with Crippen molar-refractivity contribution in [3.05, 3.63) is 60.4 Å². The van der Waals surface area contributed by atoms with Gasteiger partial charge in [0, 0.05) is 23.5 Å². The smallest absolute Gasteiger partial charge is 0.248 e. The molecule has 0 spiro atoms. The molecule has 3 rings (SSSR count). The maximum absolute atomic E-state index is 11.2. The molecule has 98 valence electrons. The molecule has 0 radical (unpaired) electrons.